The SMILES string of the molecule is CC(C)(C)OC(=O)NC(CO)(C(=O)O)C1CCCCC1. The lowest BCUT2D eigenvalue weighted by Crippen LogP contribution is -2.62. The Morgan fingerprint density at radius 1 is 1.20 bits per heavy atom. The van der Waals surface area contributed by atoms with E-state index in [1.165, 1.54) is 0 Å². The van der Waals surface area contributed by atoms with E-state index in [0.717, 1.165) is 19.3 Å². The number of carbonyl (C=O) groups is 2. The highest BCUT2D eigenvalue weighted by molar-refractivity contribution is 5.85. The van der Waals surface area contributed by atoms with Crippen LogP contribution in [0.4, 0.5) is 4.79 Å². The zero-order valence-corrected chi connectivity index (χ0v) is 12.4. The molecule has 1 saturated carbocycles. The van der Waals surface area contributed by atoms with Gasteiger partial charge in [0, 0.05) is 0 Å². The lowest BCUT2D eigenvalue weighted by molar-refractivity contribution is -0.150. The Morgan fingerprint density at radius 2 is 1.75 bits per heavy atom. The Hall–Kier alpha value is -1.30. The molecule has 0 aromatic heterocycles. The summed E-state index contributed by atoms with van der Waals surface area (Å²) in [5, 5.41) is 21.5. The predicted molar refractivity (Wildman–Crippen MR) is 73.4 cm³/mol. The van der Waals surface area contributed by atoms with Gasteiger partial charge in [0.05, 0.1) is 6.61 Å². The number of nitrogens with one attached hydrogen (secondary N) is 1. The number of alkyl carbamates (subject to hydrolysis) is 1. The molecule has 0 radical (unpaired) electrons. The number of carboxylic acid groups (broad SMARTS) is 1. The lowest BCUT2D eigenvalue weighted by atomic mass is 9.75. The molecule has 1 fully saturated rings. The number of hydrogen-bond acceptors (Lipinski definition) is 4. The van der Waals surface area contributed by atoms with Crippen molar-refractivity contribution in [3.05, 3.63) is 0 Å². The fourth-order valence-electron chi connectivity index (χ4n) is 2.65. The average molecular weight is 287 g/mol. The molecule has 1 rings (SSSR count). The summed E-state index contributed by atoms with van der Waals surface area (Å²) in [6, 6.07) is 0. The Kier molecular flexibility index (Phi) is 5.39. The third-order valence-corrected chi connectivity index (χ3v) is 3.66. The van der Waals surface area contributed by atoms with Crippen LogP contribution in [-0.4, -0.2) is 40.0 Å². The van der Waals surface area contributed by atoms with E-state index in [1.807, 2.05) is 0 Å². The Bertz CT molecular complexity index is 357. The van der Waals surface area contributed by atoms with Crippen molar-refractivity contribution in [1.29, 1.82) is 0 Å². The first kappa shape index (κ1) is 16.8. The van der Waals surface area contributed by atoms with Crippen LogP contribution in [-0.2, 0) is 9.53 Å². The fourth-order valence-corrected chi connectivity index (χ4v) is 2.65. The molecule has 0 aliphatic heterocycles. The summed E-state index contributed by atoms with van der Waals surface area (Å²) in [7, 11) is 0. The Morgan fingerprint density at radius 3 is 2.15 bits per heavy atom. The van der Waals surface area contributed by atoms with Crippen LogP contribution < -0.4 is 5.32 Å². The molecular formula is C14H25NO5. The number of carboxylic acids is 1. The van der Waals surface area contributed by atoms with Crippen molar-refractivity contribution < 1.29 is 24.5 Å². The van der Waals surface area contributed by atoms with Crippen LogP contribution in [0.25, 0.3) is 0 Å². The van der Waals surface area contributed by atoms with Crippen molar-refractivity contribution in [3.63, 3.8) is 0 Å². The molecule has 6 nitrogen and oxygen atoms in total. The van der Waals surface area contributed by atoms with Crippen LogP contribution in [0, 0.1) is 5.92 Å². The second-order valence-corrected chi connectivity index (χ2v) is 6.40. The highest BCUT2D eigenvalue weighted by Gasteiger charge is 2.47. The molecule has 1 unspecified atom stereocenters. The molecule has 0 bridgehead atoms. The van der Waals surface area contributed by atoms with Crippen molar-refractivity contribution in [2.24, 2.45) is 5.92 Å². The summed E-state index contributed by atoms with van der Waals surface area (Å²) in [6.07, 6.45) is 3.44. The maximum absolute atomic E-state index is 11.9. The van der Waals surface area contributed by atoms with Gasteiger partial charge in [-0.3, -0.25) is 0 Å². The molecule has 0 saturated heterocycles. The standard InChI is InChI=1S/C14H25NO5/c1-13(2,3)20-12(19)15-14(9-16,11(17)18)10-7-5-4-6-8-10/h10,16H,4-9H2,1-3H3,(H,15,19)(H,17,18). The van der Waals surface area contributed by atoms with Gasteiger partial charge < -0.3 is 20.3 Å². The Labute approximate surface area is 119 Å². The molecule has 1 atom stereocenters. The number of hydrogen-bond donors (Lipinski definition) is 3. The number of aliphatic carboxylic acids is 1. The number of aliphatic hydroxyl groups is 1. The first-order valence-corrected chi connectivity index (χ1v) is 7.07. The van der Waals surface area contributed by atoms with Crippen molar-refractivity contribution in [2.75, 3.05) is 6.61 Å². The van der Waals surface area contributed by atoms with Gasteiger partial charge >= 0.3 is 12.1 Å². The minimum absolute atomic E-state index is 0.272. The van der Waals surface area contributed by atoms with Gasteiger partial charge in [0.25, 0.3) is 0 Å². The van der Waals surface area contributed by atoms with Crippen LogP contribution in [0.15, 0.2) is 0 Å². The zero-order chi connectivity index (χ0) is 15.4. The van der Waals surface area contributed by atoms with Crippen LogP contribution in [0.1, 0.15) is 52.9 Å². The van der Waals surface area contributed by atoms with Gasteiger partial charge in [-0.05, 0) is 39.5 Å². The summed E-state index contributed by atoms with van der Waals surface area (Å²) < 4.78 is 5.11. The van der Waals surface area contributed by atoms with Crippen LogP contribution >= 0.6 is 0 Å². The smallest absolute Gasteiger partial charge is 0.408 e. The van der Waals surface area contributed by atoms with E-state index in [9.17, 15) is 19.8 Å². The molecule has 3 N–H and O–H groups in total. The monoisotopic (exact) mass is 287 g/mol. The number of amides is 1. The van der Waals surface area contributed by atoms with E-state index < -0.39 is 29.8 Å². The van der Waals surface area contributed by atoms with Crippen molar-refractivity contribution >= 4 is 12.1 Å². The van der Waals surface area contributed by atoms with Gasteiger partial charge in [-0.15, -0.1) is 0 Å². The highest BCUT2D eigenvalue weighted by atomic mass is 16.6. The van der Waals surface area contributed by atoms with Crippen LogP contribution in [0.5, 0.6) is 0 Å². The van der Waals surface area contributed by atoms with Gasteiger partial charge in [-0.25, -0.2) is 9.59 Å². The van der Waals surface area contributed by atoms with E-state index >= 15 is 0 Å². The first-order valence-electron chi connectivity index (χ1n) is 7.07. The van der Waals surface area contributed by atoms with E-state index in [-0.39, 0.29) is 5.92 Å². The van der Waals surface area contributed by atoms with E-state index in [0.29, 0.717) is 12.8 Å². The quantitative estimate of drug-likeness (QED) is 0.734. The average Bonchev–Trinajstić information content (AvgIpc) is 2.34. The van der Waals surface area contributed by atoms with Crippen molar-refractivity contribution in [1.82, 2.24) is 5.32 Å². The Balaban J connectivity index is 2.88. The van der Waals surface area contributed by atoms with E-state index in [1.54, 1.807) is 20.8 Å². The van der Waals surface area contributed by atoms with Crippen LogP contribution in [0.2, 0.25) is 0 Å². The van der Waals surface area contributed by atoms with E-state index in [4.69, 9.17) is 4.74 Å². The van der Waals surface area contributed by atoms with Crippen molar-refractivity contribution in [2.45, 2.75) is 64.0 Å². The molecule has 116 valence electrons. The molecule has 1 aliphatic carbocycles. The molecule has 0 spiro atoms. The summed E-state index contributed by atoms with van der Waals surface area (Å²) in [4.78, 5) is 23.5. The molecule has 0 aromatic rings. The fraction of sp³-hybridized carbons (Fsp3) is 0.857. The minimum atomic E-state index is -1.65. The second kappa shape index (κ2) is 6.43. The molecule has 6 heteroatoms. The maximum atomic E-state index is 11.9. The molecular weight excluding hydrogens is 262 g/mol. The van der Waals surface area contributed by atoms with Crippen molar-refractivity contribution in [3.8, 4) is 0 Å². The molecule has 0 heterocycles. The normalized spacial score (nSPS) is 20.0. The summed E-state index contributed by atoms with van der Waals surface area (Å²) in [5.74, 6) is -1.48. The van der Waals surface area contributed by atoms with E-state index in [2.05, 4.69) is 5.32 Å². The third-order valence-electron chi connectivity index (χ3n) is 3.66. The lowest BCUT2D eigenvalue weighted by Gasteiger charge is -2.38. The molecule has 1 amide bonds. The number of ether oxygens (including phenoxy) is 1. The number of aliphatic hydroxyl groups excluding tert-OH is 1. The number of carbonyl (C=O) groups excluding carboxylic acids is 1. The largest absolute Gasteiger partial charge is 0.479 e. The highest BCUT2D eigenvalue weighted by Crippen LogP contribution is 2.33. The topological polar surface area (TPSA) is 95.9 Å². The number of rotatable bonds is 4. The zero-order valence-electron chi connectivity index (χ0n) is 12.4. The third kappa shape index (κ3) is 4.10. The van der Waals surface area contributed by atoms with Crippen LogP contribution in [0.3, 0.4) is 0 Å². The predicted octanol–water partition coefficient (Wildman–Crippen LogP) is 1.91. The second-order valence-electron chi connectivity index (χ2n) is 6.40. The molecule has 1 aliphatic rings. The maximum Gasteiger partial charge on any atom is 0.408 e. The molecule has 0 aromatic carbocycles. The van der Waals surface area contributed by atoms with Gasteiger partial charge in [0.1, 0.15) is 5.60 Å². The molecule has 20 heavy (non-hydrogen) atoms. The summed E-state index contributed by atoms with van der Waals surface area (Å²) in [6.45, 7) is 4.48. The van der Waals surface area contributed by atoms with Gasteiger partial charge in [0.15, 0.2) is 5.54 Å². The minimum Gasteiger partial charge on any atom is -0.479 e. The van der Waals surface area contributed by atoms with Gasteiger partial charge in [0.2, 0.25) is 0 Å². The van der Waals surface area contributed by atoms with Gasteiger partial charge in [-0.2, -0.15) is 0 Å². The first-order chi connectivity index (χ1) is 9.21. The summed E-state index contributed by atoms with van der Waals surface area (Å²) in [5.41, 5.74) is -2.36. The summed E-state index contributed by atoms with van der Waals surface area (Å²) >= 11 is 0. The van der Waals surface area contributed by atoms with Gasteiger partial charge in [-0.1, -0.05) is 19.3 Å².